The third kappa shape index (κ3) is 3.01. The Labute approximate surface area is 128 Å². The number of hydrogen-bond acceptors (Lipinski definition) is 4. The number of sulfonamides is 1. The molecule has 0 saturated heterocycles. The summed E-state index contributed by atoms with van der Waals surface area (Å²) in [6.45, 7) is 1.89. The summed E-state index contributed by atoms with van der Waals surface area (Å²) in [5, 5.41) is 4.71. The molecule has 0 aliphatic carbocycles. The van der Waals surface area contributed by atoms with Crippen LogP contribution in [0.2, 0.25) is 0 Å². The van der Waals surface area contributed by atoms with E-state index in [9.17, 15) is 8.42 Å². The number of nitrogens with zero attached hydrogens (tertiary/aromatic N) is 3. The first kappa shape index (κ1) is 14.3. The van der Waals surface area contributed by atoms with Gasteiger partial charge in [-0.25, -0.2) is 4.98 Å². The van der Waals surface area contributed by atoms with Crippen LogP contribution in [0.5, 0.6) is 0 Å². The lowest BCUT2D eigenvalue weighted by atomic mass is 10.2. The molecule has 0 aliphatic heterocycles. The summed E-state index contributed by atoms with van der Waals surface area (Å²) < 4.78 is 27.7. The zero-order valence-corrected chi connectivity index (χ0v) is 12.7. The van der Waals surface area contributed by atoms with E-state index >= 15 is 0 Å². The SMILES string of the molecule is Cc1ccc(S(=O)(=O)N=Nc2ccc3ccccc3n2)cc1. The van der Waals surface area contributed by atoms with Gasteiger partial charge in [-0.3, -0.25) is 0 Å². The second-order valence-corrected chi connectivity index (χ2v) is 6.42. The van der Waals surface area contributed by atoms with E-state index in [0.717, 1.165) is 16.5 Å². The summed E-state index contributed by atoms with van der Waals surface area (Å²) >= 11 is 0. The van der Waals surface area contributed by atoms with Gasteiger partial charge in [-0.05, 0) is 37.3 Å². The van der Waals surface area contributed by atoms with Gasteiger partial charge in [0.1, 0.15) is 0 Å². The van der Waals surface area contributed by atoms with Gasteiger partial charge in [-0.2, -0.15) is 8.42 Å². The molecule has 0 radical (unpaired) electrons. The monoisotopic (exact) mass is 311 g/mol. The van der Waals surface area contributed by atoms with Crippen LogP contribution in [0.3, 0.4) is 0 Å². The van der Waals surface area contributed by atoms with E-state index in [1.807, 2.05) is 37.3 Å². The Morgan fingerprint density at radius 1 is 0.909 bits per heavy atom. The zero-order chi connectivity index (χ0) is 15.6. The molecule has 0 atom stereocenters. The minimum absolute atomic E-state index is 0.114. The molecule has 3 aromatic rings. The maximum absolute atomic E-state index is 12.1. The summed E-state index contributed by atoms with van der Waals surface area (Å²) in [6, 6.07) is 17.5. The lowest BCUT2D eigenvalue weighted by molar-refractivity contribution is 0.595. The molecule has 2 aromatic carbocycles. The number of para-hydroxylation sites is 1. The van der Waals surface area contributed by atoms with E-state index in [0.29, 0.717) is 0 Å². The highest BCUT2D eigenvalue weighted by atomic mass is 32.2. The van der Waals surface area contributed by atoms with E-state index in [2.05, 4.69) is 14.6 Å². The second kappa shape index (κ2) is 5.65. The van der Waals surface area contributed by atoms with Gasteiger partial charge in [0.2, 0.25) is 0 Å². The lowest BCUT2D eigenvalue weighted by Crippen LogP contribution is -1.95. The average Bonchev–Trinajstić information content (AvgIpc) is 2.53. The molecule has 0 saturated carbocycles. The van der Waals surface area contributed by atoms with Crippen LogP contribution in [0.15, 0.2) is 75.2 Å². The Bertz CT molecular complexity index is 949. The molecule has 0 amide bonds. The molecule has 1 aromatic heterocycles. The van der Waals surface area contributed by atoms with Gasteiger partial charge in [0, 0.05) is 5.39 Å². The van der Waals surface area contributed by atoms with Crippen molar-refractivity contribution in [1.29, 1.82) is 0 Å². The minimum Gasteiger partial charge on any atom is -0.227 e. The molecule has 5 nitrogen and oxygen atoms in total. The van der Waals surface area contributed by atoms with Crippen LogP contribution in [0.4, 0.5) is 5.82 Å². The highest BCUT2D eigenvalue weighted by Crippen LogP contribution is 2.19. The van der Waals surface area contributed by atoms with Gasteiger partial charge in [-0.15, -0.1) is 5.11 Å². The molecule has 0 fully saturated rings. The molecular formula is C16H13N3O2S. The predicted octanol–water partition coefficient (Wildman–Crippen LogP) is 4.02. The van der Waals surface area contributed by atoms with E-state index in [1.54, 1.807) is 18.2 Å². The smallest absolute Gasteiger partial charge is 0.227 e. The van der Waals surface area contributed by atoms with Crippen LogP contribution in [0.1, 0.15) is 5.56 Å². The molecule has 0 bridgehead atoms. The molecule has 6 heteroatoms. The van der Waals surface area contributed by atoms with Crippen molar-refractivity contribution in [1.82, 2.24) is 4.98 Å². The van der Waals surface area contributed by atoms with Crippen molar-refractivity contribution in [2.75, 3.05) is 0 Å². The Morgan fingerprint density at radius 3 is 2.41 bits per heavy atom. The summed E-state index contributed by atoms with van der Waals surface area (Å²) in [5.41, 5.74) is 1.72. The van der Waals surface area contributed by atoms with Gasteiger partial charge < -0.3 is 0 Å². The van der Waals surface area contributed by atoms with Crippen LogP contribution >= 0.6 is 0 Å². The van der Waals surface area contributed by atoms with E-state index in [1.165, 1.54) is 12.1 Å². The van der Waals surface area contributed by atoms with Crippen LogP contribution in [-0.2, 0) is 10.0 Å². The van der Waals surface area contributed by atoms with Crippen LogP contribution in [0.25, 0.3) is 10.9 Å². The van der Waals surface area contributed by atoms with Crippen LogP contribution in [0, 0.1) is 6.92 Å². The minimum atomic E-state index is -3.81. The quantitative estimate of drug-likeness (QED) is 0.686. The number of pyridine rings is 1. The van der Waals surface area contributed by atoms with Crippen molar-refractivity contribution in [3.63, 3.8) is 0 Å². The standard InChI is InChI=1S/C16H13N3O2S/c1-12-6-9-14(10-7-12)22(20,21)19-18-16-11-8-13-4-2-3-5-15(13)17-16/h2-11H,1H3. The molecule has 110 valence electrons. The number of hydrogen-bond donors (Lipinski definition) is 0. The fourth-order valence-corrected chi connectivity index (χ4v) is 2.73. The average molecular weight is 311 g/mol. The normalized spacial score (nSPS) is 12.0. The summed E-state index contributed by atoms with van der Waals surface area (Å²) in [4.78, 5) is 4.37. The van der Waals surface area contributed by atoms with Crippen molar-refractivity contribution >= 4 is 26.7 Å². The molecule has 1 heterocycles. The first-order valence-corrected chi connectivity index (χ1v) is 8.09. The zero-order valence-electron chi connectivity index (χ0n) is 11.8. The molecular weight excluding hydrogens is 298 g/mol. The summed E-state index contributed by atoms with van der Waals surface area (Å²) in [7, 11) is -3.81. The fourth-order valence-electron chi connectivity index (χ4n) is 1.96. The van der Waals surface area contributed by atoms with Crippen LogP contribution < -0.4 is 0 Å². The van der Waals surface area contributed by atoms with Crippen molar-refractivity contribution in [2.24, 2.45) is 9.63 Å². The van der Waals surface area contributed by atoms with Gasteiger partial charge in [-0.1, -0.05) is 40.4 Å². The largest absolute Gasteiger partial charge is 0.299 e. The van der Waals surface area contributed by atoms with E-state index in [-0.39, 0.29) is 10.7 Å². The van der Waals surface area contributed by atoms with E-state index < -0.39 is 10.0 Å². The third-order valence-electron chi connectivity index (χ3n) is 3.15. The number of rotatable bonds is 3. The van der Waals surface area contributed by atoms with Crippen molar-refractivity contribution in [2.45, 2.75) is 11.8 Å². The summed E-state index contributed by atoms with van der Waals surface area (Å²) in [5.74, 6) is 0.259. The maximum Gasteiger partial charge on any atom is 0.299 e. The third-order valence-corrected chi connectivity index (χ3v) is 4.32. The Balaban J connectivity index is 1.92. The van der Waals surface area contributed by atoms with Gasteiger partial charge in [0.15, 0.2) is 5.82 Å². The molecule has 0 N–H and O–H groups in total. The second-order valence-electron chi connectivity index (χ2n) is 4.83. The number of aryl methyl sites for hydroxylation is 1. The number of aromatic nitrogens is 1. The summed E-state index contributed by atoms with van der Waals surface area (Å²) in [6.07, 6.45) is 0. The highest BCUT2D eigenvalue weighted by Gasteiger charge is 2.12. The van der Waals surface area contributed by atoms with E-state index in [4.69, 9.17) is 0 Å². The first-order valence-electron chi connectivity index (χ1n) is 6.65. The maximum atomic E-state index is 12.1. The molecule has 0 unspecified atom stereocenters. The molecule has 0 aliphatic rings. The number of benzene rings is 2. The first-order chi connectivity index (χ1) is 10.5. The predicted molar refractivity (Wildman–Crippen MR) is 84.6 cm³/mol. The highest BCUT2D eigenvalue weighted by molar-refractivity contribution is 7.90. The van der Waals surface area contributed by atoms with Crippen molar-refractivity contribution in [3.05, 3.63) is 66.2 Å². The molecule has 22 heavy (non-hydrogen) atoms. The van der Waals surface area contributed by atoms with Crippen molar-refractivity contribution in [3.8, 4) is 0 Å². The Morgan fingerprint density at radius 2 is 1.64 bits per heavy atom. The topological polar surface area (TPSA) is 71.8 Å². The number of fused-ring (bicyclic) bond motifs is 1. The van der Waals surface area contributed by atoms with Crippen molar-refractivity contribution < 1.29 is 8.42 Å². The molecule has 0 spiro atoms. The van der Waals surface area contributed by atoms with Gasteiger partial charge >= 0.3 is 0 Å². The van der Waals surface area contributed by atoms with Gasteiger partial charge in [0.05, 0.1) is 10.4 Å². The molecule has 3 rings (SSSR count). The Kier molecular flexibility index (Phi) is 3.68. The van der Waals surface area contributed by atoms with Gasteiger partial charge in [0.25, 0.3) is 10.0 Å². The fraction of sp³-hybridized carbons (Fsp3) is 0.0625. The lowest BCUT2D eigenvalue weighted by Gasteiger charge is -1.99. The Hall–Kier alpha value is -2.60. The van der Waals surface area contributed by atoms with Crippen LogP contribution in [-0.4, -0.2) is 13.4 Å².